The smallest absolute Gasteiger partial charge is 0.369 e. The van der Waals surface area contributed by atoms with Gasteiger partial charge in [-0.1, -0.05) is 6.07 Å². The molecule has 1 aromatic carbocycles. The fourth-order valence-corrected chi connectivity index (χ4v) is 4.08. The summed E-state index contributed by atoms with van der Waals surface area (Å²) in [5.74, 6) is 0.546. The van der Waals surface area contributed by atoms with Crippen LogP contribution in [0.1, 0.15) is 22.3 Å². The molecule has 1 aliphatic heterocycles. The summed E-state index contributed by atoms with van der Waals surface area (Å²) >= 11 is 0. The van der Waals surface area contributed by atoms with E-state index in [0.29, 0.717) is 36.7 Å². The first kappa shape index (κ1) is 22.9. The number of nitrogens with zero attached hydrogens (tertiary/aromatic N) is 5. The Labute approximate surface area is 190 Å². The molecule has 7 nitrogen and oxygen atoms in total. The molecule has 0 spiro atoms. The number of alkyl halides is 3. The summed E-state index contributed by atoms with van der Waals surface area (Å²) in [5, 5.41) is 7.17. The Balaban J connectivity index is 1.22. The molecule has 33 heavy (non-hydrogen) atoms. The number of carbonyl (C=O) groups excluding carboxylic acids is 1. The van der Waals surface area contributed by atoms with Gasteiger partial charge in [-0.25, -0.2) is 0 Å². The molecular weight excluding hydrogens is 433 g/mol. The van der Waals surface area contributed by atoms with Crippen LogP contribution in [0.4, 0.5) is 18.9 Å². The fraction of sp³-hybridized carbons (Fsp3) is 0.391. The summed E-state index contributed by atoms with van der Waals surface area (Å²) in [6.45, 7) is 4.23. The van der Waals surface area contributed by atoms with Crippen molar-refractivity contribution >= 4 is 11.6 Å². The molecule has 0 aliphatic carbocycles. The zero-order chi connectivity index (χ0) is 23.4. The van der Waals surface area contributed by atoms with Crippen molar-refractivity contribution in [3.63, 3.8) is 0 Å². The Morgan fingerprint density at radius 2 is 1.82 bits per heavy atom. The molecule has 1 saturated heterocycles. The van der Waals surface area contributed by atoms with E-state index in [0.717, 1.165) is 32.1 Å². The second-order valence-electron chi connectivity index (χ2n) is 8.08. The molecule has 10 heteroatoms. The number of aromatic nitrogens is 3. The highest BCUT2D eigenvalue weighted by atomic mass is 19.4. The summed E-state index contributed by atoms with van der Waals surface area (Å²) in [6, 6.07) is 9.27. The largest absolute Gasteiger partial charge is 0.416 e. The highest BCUT2D eigenvalue weighted by molar-refractivity contribution is 5.97. The molecule has 1 N–H and O–H groups in total. The van der Waals surface area contributed by atoms with Crippen LogP contribution in [0.25, 0.3) is 5.82 Å². The Morgan fingerprint density at radius 3 is 2.52 bits per heavy atom. The molecule has 0 radical (unpaired) electrons. The lowest BCUT2D eigenvalue weighted by atomic mass is 10.1. The number of hydrogen-bond donors (Lipinski definition) is 1. The summed E-state index contributed by atoms with van der Waals surface area (Å²) in [6.07, 6.45) is 1.76. The predicted octanol–water partition coefficient (Wildman–Crippen LogP) is 3.17. The van der Waals surface area contributed by atoms with E-state index in [9.17, 15) is 18.0 Å². The van der Waals surface area contributed by atoms with E-state index in [1.54, 1.807) is 24.0 Å². The van der Waals surface area contributed by atoms with Crippen molar-refractivity contribution in [2.75, 3.05) is 44.2 Å². The summed E-state index contributed by atoms with van der Waals surface area (Å²) in [5.41, 5.74) is 0.502. The van der Waals surface area contributed by atoms with E-state index in [2.05, 4.69) is 15.3 Å². The van der Waals surface area contributed by atoms with E-state index in [1.165, 1.54) is 12.1 Å². The molecule has 2 aromatic heterocycles. The molecule has 4 rings (SSSR count). The Hall–Kier alpha value is -3.27. The monoisotopic (exact) mass is 460 g/mol. The topological polar surface area (TPSA) is 58.3 Å². The van der Waals surface area contributed by atoms with Gasteiger partial charge in [-0.15, -0.1) is 0 Å². The van der Waals surface area contributed by atoms with Crippen LogP contribution in [-0.4, -0.2) is 64.4 Å². The van der Waals surface area contributed by atoms with Crippen molar-refractivity contribution in [3.05, 3.63) is 66.1 Å². The van der Waals surface area contributed by atoms with Gasteiger partial charge in [-0.2, -0.15) is 18.3 Å². The van der Waals surface area contributed by atoms with Gasteiger partial charge in [0.1, 0.15) is 11.4 Å². The first-order valence-electron chi connectivity index (χ1n) is 10.9. The summed E-state index contributed by atoms with van der Waals surface area (Å²) in [7, 11) is 1.80. The molecule has 1 aliphatic rings. The maximum Gasteiger partial charge on any atom is 0.416 e. The molecule has 0 atom stereocenters. The number of rotatable bonds is 7. The van der Waals surface area contributed by atoms with Crippen molar-refractivity contribution in [2.45, 2.75) is 12.6 Å². The van der Waals surface area contributed by atoms with Crippen LogP contribution in [0.5, 0.6) is 0 Å². The molecule has 3 aromatic rings. The third-order valence-corrected chi connectivity index (χ3v) is 5.85. The highest BCUT2D eigenvalue weighted by Gasteiger charge is 2.31. The van der Waals surface area contributed by atoms with E-state index >= 15 is 0 Å². The van der Waals surface area contributed by atoms with Crippen LogP contribution in [0, 0.1) is 0 Å². The Morgan fingerprint density at radius 1 is 1.09 bits per heavy atom. The van der Waals surface area contributed by atoms with Crippen molar-refractivity contribution in [1.82, 2.24) is 24.6 Å². The first-order valence-corrected chi connectivity index (χ1v) is 10.9. The van der Waals surface area contributed by atoms with E-state index in [1.807, 2.05) is 34.0 Å². The van der Waals surface area contributed by atoms with Gasteiger partial charge >= 0.3 is 6.18 Å². The van der Waals surface area contributed by atoms with E-state index in [4.69, 9.17) is 0 Å². The van der Waals surface area contributed by atoms with Gasteiger partial charge < -0.3 is 14.8 Å². The van der Waals surface area contributed by atoms with E-state index < -0.39 is 11.7 Å². The fourth-order valence-electron chi connectivity index (χ4n) is 4.08. The predicted molar refractivity (Wildman–Crippen MR) is 120 cm³/mol. The number of amides is 1. The third kappa shape index (κ3) is 5.39. The number of halogens is 3. The lowest BCUT2D eigenvalue weighted by Crippen LogP contribution is -2.47. The average molecular weight is 461 g/mol. The number of carbonyl (C=O) groups is 1. The van der Waals surface area contributed by atoms with E-state index in [-0.39, 0.29) is 5.91 Å². The SMILES string of the molecule is Cn1ncc(C(=O)NCCCN2CCN(c3cccc(C(F)(F)F)c3)CC2)c1-n1cccc1. The van der Waals surface area contributed by atoms with Crippen LogP contribution in [0.15, 0.2) is 55.0 Å². The summed E-state index contributed by atoms with van der Waals surface area (Å²) in [4.78, 5) is 16.9. The molecular formula is C23H27F3N6O. The van der Waals surface area contributed by atoms with Gasteiger partial charge in [0.25, 0.3) is 5.91 Å². The highest BCUT2D eigenvalue weighted by Crippen LogP contribution is 2.31. The van der Waals surface area contributed by atoms with Crippen LogP contribution in [0.3, 0.4) is 0 Å². The van der Waals surface area contributed by atoms with Gasteiger partial charge in [0.15, 0.2) is 0 Å². The number of nitrogens with one attached hydrogen (secondary N) is 1. The molecule has 1 amide bonds. The molecule has 0 bridgehead atoms. The van der Waals surface area contributed by atoms with Gasteiger partial charge in [0.05, 0.1) is 11.8 Å². The number of hydrogen-bond acceptors (Lipinski definition) is 4. The molecule has 1 fully saturated rings. The number of anilines is 1. The van der Waals surface area contributed by atoms with Crippen molar-refractivity contribution < 1.29 is 18.0 Å². The van der Waals surface area contributed by atoms with Gasteiger partial charge in [0.2, 0.25) is 0 Å². The minimum Gasteiger partial charge on any atom is -0.369 e. The second kappa shape index (κ2) is 9.70. The Bertz CT molecular complexity index is 1070. The minimum atomic E-state index is -4.33. The van der Waals surface area contributed by atoms with Crippen molar-refractivity contribution in [2.24, 2.45) is 7.05 Å². The number of benzene rings is 1. The molecule has 0 unspecified atom stereocenters. The lowest BCUT2D eigenvalue weighted by Gasteiger charge is -2.36. The third-order valence-electron chi connectivity index (χ3n) is 5.85. The molecule has 0 saturated carbocycles. The maximum absolute atomic E-state index is 13.0. The van der Waals surface area contributed by atoms with Gasteiger partial charge in [-0.05, 0) is 43.3 Å². The second-order valence-corrected chi connectivity index (χ2v) is 8.08. The zero-order valence-corrected chi connectivity index (χ0v) is 18.4. The molecule has 3 heterocycles. The van der Waals surface area contributed by atoms with Crippen LogP contribution in [0.2, 0.25) is 0 Å². The average Bonchev–Trinajstić information content (AvgIpc) is 3.46. The summed E-state index contributed by atoms with van der Waals surface area (Å²) < 4.78 is 42.4. The Kier molecular flexibility index (Phi) is 6.73. The standard InChI is InChI=1S/C23H27F3N6O/c1-29-22(32-10-2-3-11-32)20(17-28-29)21(33)27-8-5-9-30-12-14-31(15-13-30)19-7-4-6-18(16-19)23(24,25)26/h2-4,6-7,10-11,16-17H,5,8-9,12-15H2,1H3,(H,27,33). The normalized spacial score (nSPS) is 15.1. The lowest BCUT2D eigenvalue weighted by molar-refractivity contribution is -0.137. The minimum absolute atomic E-state index is 0.166. The van der Waals surface area contributed by atoms with Crippen LogP contribution in [-0.2, 0) is 13.2 Å². The first-order chi connectivity index (χ1) is 15.8. The van der Waals surface area contributed by atoms with Gasteiger partial charge in [0, 0.05) is 57.9 Å². The molecule has 176 valence electrons. The van der Waals surface area contributed by atoms with Gasteiger partial charge in [-0.3, -0.25) is 14.4 Å². The number of aryl methyl sites for hydroxylation is 1. The quantitative estimate of drug-likeness (QED) is 0.551. The van der Waals surface area contributed by atoms with Crippen LogP contribution < -0.4 is 10.2 Å². The zero-order valence-electron chi connectivity index (χ0n) is 18.4. The number of piperazine rings is 1. The van der Waals surface area contributed by atoms with Crippen molar-refractivity contribution in [1.29, 1.82) is 0 Å². The van der Waals surface area contributed by atoms with Crippen LogP contribution >= 0.6 is 0 Å². The van der Waals surface area contributed by atoms with Crippen molar-refractivity contribution in [3.8, 4) is 5.82 Å². The maximum atomic E-state index is 13.0.